The van der Waals surface area contributed by atoms with E-state index >= 15 is 0 Å². The number of nitrogens with zero attached hydrogens (tertiary/aromatic N) is 2. The third kappa shape index (κ3) is 4.87. The highest BCUT2D eigenvalue weighted by atomic mass is 32.3. The van der Waals surface area contributed by atoms with E-state index in [1.807, 2.05) is 31.2 Å². The van der Waals surface area contributed by atoms with E-state index in [0.717, 1.165) is 10.5 Å². The Morgan fingerprint density at radius 1 is 1.15 bits per heavy atom. The maximum absolute atomic E-state index is 13.3. The summed E-state index contributed by atoms with van der Waals surface area (Å²) >= 11 is 1.27. The zero-order valence-electron chi connectivity index (χ0n) is 18.7. The summed E-state index contributed by atoms with van der Waals surface area (Å²) in [5.74, 6) is 0.530. The number of sulfonamides is 1. The molecular formula is C24H24N4O4S2. The summed E-state index contributed by atoms with van der Waals surface area (Å²) in [5.41, 5.74) is 3.19. The summed E-state index contributed by atoms with van der Waals surface area (Å²) in [6.07, 6.45) is 3.83. The van der Waals surface area contributed by atoms with Crippen LogP contribution in [0.1, 0.15) is 23.4 Å². The van der Waals surface area contributed by atoms with Crippen molar-refractivity contribution in [3.8, 4) is 0 Å². The highest BCUT2D eigenvalue weighted by Gasteiger charge is 2.36. The first-order valence-corrected chi connectivity index (χ1v) is 12.8. The van der Waals surface area contributed by atoms with Gasteiger partial charge in [-0.15, -0.1) is 11.8 Å². The monoisotopic (exact) mass is 496 g/mol. The molecule has 0 saturated heterocycles. The number of urea groups is 1. The molecule has 1 aliphatic rings. The quantitative estimate of drug-likeness (QED) is 0.445. The largest absolute Gasteiger partial charge is 0.356 e. The molecule has 2 amide bonds. The van der Waals surface area contributed by atoms with Crippen molar-refractivity contribution in [1.29, 1.82) is 0 Å². The normalized spacial score (nSPS) is 15.5. The number of carbonyl (C=O) groups excluding carboxylic acids is 1. The molecule has 0 radical (unpaired) electrons. The molecule has 1 aliphatic heterocycles. The number of thioether (sulfide) groups is 1. The van der Waals surface area contributed by atoms with Gasteiger partial charge in [0.1, 0.15) is 4.58 Å². The minimum absolute atomic E-state index is 0.368. The van der Waals surface area contributed by atoms with Crippen molar-refractivity contribution in [2.75, 3.05) is 22.0 Å². The smallest absolute Gasteiger partial charge is 0.323 e. The van der Waals surface area contributed by atoms with E-state index in [1.54, 1.807) is 42.5 Å². The number of anilines is 3. The summed E-state index contributed by atoms with van der Waals surface area (Å²) in [6.45, 7) is 5.55. The summed E-state index contributed by atoms with van der Waals surface area (Å²) in [5, 5.41) is 9.43. The van der Waals surface area contributed by atoms with E-state index < -0.39 is 14.6 Å². The highest BCUT2D eigenvalue weighted by molar-refractivity contribution is 8.19. The molecule has 0 fully saturated rings. The van der Waals surface area contributed by atoms with E-state index in [2.05, 4.69) is 22.4 Å². The first kappa shape index (κ1) is 23.7. The SMILES string of the molecule is C=Cc1onc(C)c1C1=CCC(S(=O)(=O)N(C)c2ccc(NC(=O)Nc3ccccc3)cc2)S1. The number of amides is 2. The summed E-state index contributed by atoms with van der Waals surface area (Å²) in [6, 6.07) is 15.3. The first-order valence-electron chi connectivity index (χ1n) is 10.5. The summed E-state index contributed by atoms with van der Waals surface area (Å²) in [7, 11) is -2.13. The van der Waals surface area contributed by atoms with Gasteiger partial charge < -0.3 is 15.2 Å². The van der Waals surface area contributed by atoms with Crippen LogP contribution in [0.15, 0.2) is 71.8 Å². The predicted octanol–water partition coefficient (Wildman–Crippen LogP) is 5.54. The lowest BCUT2D eigenvalue weighted by atomic mass is 10.1. The standard InChI is InChI=1S/C24H24N4O4S2/c1-4-20-23(16(2)27-32-20)21-14-15-22(33-21)34(30,31)28(3)19-12-10-18(11-13-19)26-24(29)25-17-8-6-5-7-9-17/h4-14,22H,1,15H2,2-3H3,(H2,25,26,29). The van der Waals surface area contributed by atoms with Crippen LogP contribution >= 0.6 is 11.8 Å². The van der Waals surface area contributed by atoms with Crippen molar-refractivity contribution in [3.63, 3.8) is 0 Å². The Labute approximate surface area is 202 Å². The average molecular weight is 497 g/mol. The molecule has 34 heavy (non-hydrogen) atoms. The number of carbonyl (C=O) groups is 1. The van der Waals surface area contributed by atoms with Gasteiger partial charge in [-0.2, -0.15) is 0 Å². The van der Waals surface area contributed by atoms with Crippen LogP contribution in [0.5, 0.6) is 0 Å². The molecule has 0 saturated carbocycles. The van der Waals surface area contributed by atoms with Crippen LogP contribution in [-0.4, -0.2) is 31.2 Å². The van der Waals surface area contributed by atoms with E-state index in [9.17, 15) is 13.2 Å². The van der Waals surface area contributed by atoms with Gasteiger partial charge in [0.2, 0.25) is 10.0 Å². The number of allylic oxidation sites excluding steroid dienone is 1. The second kappa shape index (κ2) is 9.78. The van der Waals surface area contributed by atoms with Gasteiger partial charge in [-0.25, -0.2) is 13.2 Å². The van der Waals surface area contributed by atoms with Gasteiger partial charge >= 0.3 is 6.03 Å². The fourth-order valence-corrected chi connectivity index (χ4v) is 6.83. The second-order valence-corrected chi connectivity index (χ2v) is 11.3. The number of hydrogen-bond acceptors (Lipinski definition) is 6. The molecule has 4 rings (SSSR count). The molecule has 2 heterocycles. The zero-order valence-corrected chi connectivity index (χ0v) is 20.3. The maximum atomic E-state index is 13.3. The van der Waals surface area contributed by atoms with Crippen molar-refractivity contribution in [2.45, 2.75) is 17.9 Å². The molecule has 10 heteroatoms. The van der Waals surface area contributed by atoms with Crippen molar-refractivity contribution in [1.82, 2.24) is 5.16 Å². The number of benzene rings is 2. The Hall–Kier alpha value is -3.50. The Morgan fingerprint density at radius 3 is 2.44 bits per heavy atom. The van der Waals surface area contributed by atoms with Crippen molar-refractivity contribution < 1.29 is 17.7 Å². The lowest BCUT2D eigenvalue weighted by Crippen LogP contribution is -2.33. The molecule has 2 N–H and O–H groups in total. The molecule has 0 bridgehead atoms. The van der Waals surface area contributed by atoms with Crippen LogP contribution in [-0.2, 0) is 10.0 Å². The number of rotatable bonds is 7. The van der Waals surface area contributed by atoms with Crippen molar-refractivity contribution in [2.24, 2.45) is 0 Å². The van der Waals surface area contributed by atoms with Crippen LogP contribution in [0.3, 0.4) is 0 Å². The number of nitrogens with one attached hydrogen (secondary N) is 2. The molecular weight excluding hydrogens is 472 g/mol. The highest BCUT2D eigenvalue weighted by Crippen LogP contribution is 2.45. The maximum Gasteiger partial charge on any atom is 0.323 e. The van der Waals surface area contributed by atoms with E-state index in [0.29, 0.717) is 34.9 Å². The fraction of sp³-hybridized carbons (Fsp3) is 0.167. The predicted molar refractivity (Wildman–Crippen MR) is 138 cm³/mol. The van der Waals surface area contributed by atoms with Crippen LogP contribution in [0, 0.1) is 6.92 Å². The zero-order chi connectivity index (χ0) is 24.3. The summed E-state index contributed by atoms with van der Waals surface area (Å²) in [4.78, 5) is 13.0. The van der Waals surface area contributed by atoms with Gasteiger partial charge in [-0.3, -0.25) is 4.31 Å². The lowest BCUT2D eigenvalue weighted by Gasteiger charge is -2.23. The van der Waals surface area contributed by atoms with E-state index in [-0.39, 0.29) is 6.03 Å². The van der Waals surface area contributed by atoms with Gasteiger partial charge in [0.25, 0.3) is 0 Å². The number of aryl methyl sites for hydroxylation is 1. The Morgan fingerprint density at radius 2 is 1.79 bits per heavy atom. The van der Waals surface area contributed by atoms with Crippen LogP contribution in [0.2, 0.25) is 0 Å². The molecule has 0 aliphatic carbocycles. The minimum Gasteiger partial charge on any atom is -0.356 e. The van der Waals surface area contributed by atoms with Gasteiger partial charge in [-0.1, -0.05) is 36.0 Å². The molecule has 176 valence electrons. The topological polar surface area (TPSA) is 105 Å². The van der Waals surface area contributed by atoms with Gasteiger partial charge in [0.05, 0.1) is 16.9 Å². The van der Waals surface area contributed by atoms with Crippen LogP contribution < -0.4 is 14.9 Å². The molecule has 0 spiro atoms. The van der Waals surface area contributed by atoms with Crippen LogP contribution in [0.4, 0.5) is 21.9 Å². The lowest BCUT2D eigenvalue weighted by molar-refractivity contribution is 0.262. The molecule has 1 atom stereocenters. The Balaban J connectivity index is 1.41. The van der Waals surface area contributed by atoms with Gasteiger partial charge in [0, 0.05) is 23.3 Å². The van der Waals surface area contributed by atoms with Crippen molar-refractivity contribution in [3.05, 3.63) is 84.3 Å². The third-order valence-electron chi connectivity index (χ3n) is 5.31. The number of hydrogen-bond donors (Lipinski definition) is 2. The third-order valence-corrected chi connectivity index (χ3v) is 9.24. The fourth-order valence-electron chi connectivity index (χ4n) is 3.50. The number of para-hydroxylation sites is 1. The molecule has 1 aromatic heterocycles. The van der Waals surface area contributed by atoms with E-state index in [4.69, 9.17) is 4.52 Å². The molecule has 3 aromatic rings. The molecule has 1 unspecified atom stereocenters. The minimum atomic E-state index is -3.66. The van der Waals surface area contributed by atoms with Gasteiger partial charge in [-0.05, 0) is 55.8 Å². The van der Waals surface area contributed by atoms with Crippen LogP contribution in [0.25, 0.3) is 11.0 Å². The molecule has 8 nitrogen and oxygen atoms in total. The number of aromatic nitrogens is 1. The Bertz CT molecular complexity index is 1330. The van der Waals surface area contributed by atoms with Crippen molar-refractivity contribution >= 4 is 55.9 Å². The second-order valence-electron chi connectivity index (χ2n) is 7.57. The molecule has 2 aromatic carbocycles. The Kier molecular flexibility index (Phi) is 6.80. The average Bonchev–Trinajstić information content (AvgIpc) is 3.46. The van der Waals surface area contributed by atoms with Gasteiger partial charge in [0.15, 0.2) is 5.76 Å². The van der Waals surface area contributed by atoms with E-state index in [1.165, 1.54) is 23.1 Å². The summed E-state index contributed by atoms with van der Waals surface area (Å²) < 4.78 is 32.4. The first-order chi connectivity index (χ1) is 16.3.